The van der Waals surface area contributed by atoms with Crippen molar-refractivity contribution in [3.63, 3.8) is 0 Å². The lowest BCUT2D eigenvalue weighted by molar-refractivity contribution is -0.149. The third kappa shape index (κ3) is 8.32. The fraction of sp³-hybridized carbons (Fsp3) is 0.579. The van der Waals surface area contributed by atoms with Crippen molar-refractivity contribution in [2.45, 2.75) is 38.8 Å². The molecule has 0 heterocycles. The SMILES string of the molecule is CCOC(=O)[C@H](CCSC)N(CCCCCl)C(=O)OCc1ccccc1. The van der Waals surface area contributed by atoms with Gasteiger partial charge >= 0.3 is 12.1 Å². The van der Waals surface area contributed by atoms with Gasteiger partial charge in [-0.1, -0.05) is 30.3 Å². The molecule has 1 aromatic carbocycles. The van der Waals surface area contributed by atoms with Crippen LogP contribution in [0.2, 0.25) is 0 Å². The second-order valence-electron chi connectivity index (χ2n) is 5.68. The highest BCUT2D eigenvalue weighted by molar-refractivity contribution is 7.98. The van der Waals surface area contributed by atoms with Gasteiger partial charge < -0.3 is 9.47 Å². The van der Waals surface area contributed by atoms with Gasteiger partial charge in [0.05, 0.1) is 6.61 Å². The van der Waals surface area contributed by atoms with E-state index in [-0.39, 0.29) is 19.2 Å². The Kier molecular flexibility index (Phi) is 12.0. The van der Waals surface area contributed by atoms with Gasteiger partial charge in [-0.05, 0) is 43.8 Å². The van der Waals surface area contributed by atoms with Crippen molar-refractivity contribution in [2.75, 3.05) is 31.0 Å². The van der Waals surface area contributed by atoms with E-state index in [0.29, 0.717) is 25.3 Å². The van der Waals surface area contributed by atoms with E-state index in [0.717, 1.165) is 17.7 Å². The van der Waals surface area contributed by atoms with Crippen LogP contribution in [0.4, 0.5) is 4.79 Å². The molecule has 0 saturated carbocycles. The molecular weight excluding hydrogens is 374 g/mol. The van der Waals surface area contributed by atoms with Gasteiger partial charge in [0.25, 0.3) is 0 Å². The third-order valence-electron chi connectivity index (χ3n) is 3.75. The highest BCUT2D eigenvalue weighted by Crippen LogP contribution is 2.15. The number of alkyl halides is 1. The minimum absolute atomic E-state index is 0.170. The molecule has 26 heavy (non-hydrogen) atoms. The van der Waals surface area contributed by atoms with Gasteiger partial charge in [0, 0.05) is 12.4 Å². The number of benzene rings is 1. The Bertz CT molecular complexity index is 530. The number of rotatable bonds is 12. The molecule has 1 rings (SSSR count). The lowest BCUT2D eigenvalue weighted by Gasteiger charge is -2.29. The lowest BCUT2D eigenvalue weighted by Crippen LogP contribution is -2.47. The standard InChI is InChI=1S/C19H28ClNO4S/c1-3-24-18(22)17(11-14-26-2)21(13-8-7-12-20)19(23)25-15-16-9-5-4-6-10-16/h4-6,9-10,17H,3,7-8,11-15H2,1-2H3/t17-/m0/s1. The summed E-state index contributed by atoms with van der Waals surface area (Å²) in [4.78, 5) is 26.6. The quantitative estimate of drug-likeness (QED) is 0.296. The van der Waals surface area contributed by atoms with Crippen LogP contribution < -0.4 is 0 Å². The summed E-state index contributed by atoms with van der Waals surface area (Å²) in [7, 11) is 0. The normalized spacial score (nSPS) is 11.7. The first-order chi connectivity index (χ1) is 12.6. The smallest absolute Gasteiger partial charge is 0.410 e. The molecule has 0 radical (unpaired) electrons. The van der Waals surface area contributed by atoms with E-state index in [1.54, 1.807) is 18.7 Å². The lowest BCUT2D eigenvalue weighted by atomic mass is 10.2. The number of unbranched alkanes of at least 4 members (excludes halogenated alkanes) is 1. The fourth-order valence-corrected chi connectivity index (χ4v) is 3.07. The molecule has 146 valence electrons. The highest BCUT2D eigenvalue weighted by Gasteiger charge is 2.31. The minimum atomic E-state index is -0.638. The first-order valence-corrected chi connectivity index (χ1v) is 10.8. The number of carbonyl (C=O) groups is 2. The number of ether oxygens (including phenoxy) is 2. The van der Waals surface area contributed by atoms with Gasteiger partial charge in [-0.15, -0.1) is 11.6 Å². The monoisotopic (exact) mass is 401 g/mol. The number of thioether (sulfide) groups is 1. The summed E-state index contributed by atoms with van der Waals surface area (Å²) in [6, 6.07) is 8.83. The fourth-order valence-electron chi connectivity index (χ4n) is 2.42. The molecule has 0 aromatic heterocycles. The molecule has 5 nitrogen and oxygen atoms in total. The van der Waals surface area contributed by atoms with Crippen molar-refractivity contribution >= 4 is 35.4 Å². The van der Waals surface area contributed by atoms with Gasteiger partial charge in [-0.2, -0.15) is 11.8 Å². The van der Waals surface area contributed by atoms with Gasteiger partial charge in [0.15, 0.2) is 0 Å². The summed E-state index contributed by atoms with van der Waals surface area (Å²) in [5.41, 5.74) is 0.901. The molecule has 0 spiro atoms. The van der Waals surface area contributed by atoms with E-state index in [1.165, 1.54) is 4.90 Å². The molecule has 1 aromatic rings. The molecule has 0 N–H and O–H groups in total. The van der Waals surface area contributed by atoms with Crippen LogP contribution in [0.5, 0.6) is 0 Å². The van der Waals surface area contributed by atoms with Crippen LogP contribution >= 0.6 is 23.4 Å². The molecule has 0 aliphatic carbocycles. The predicted molar refractivity (Wildman–Crippen MR) is 107 cm³/mol. The van der Waals surface area contributed by atoms with E-state index in [2.05, 4.69) is 0 Å². The van der Waals surface area contributed by atoms with E-state index in [4.69, 9.17) is 21.1 Å². The first-order valence-electron chi connectivity index (χ1n) is 8.82. The average Bonchev–Trinajstić information content (AvgIpc) is 2.66. The molecule has 0 saturated heterocycles. The molecule has 0 aliphatic heterocycles. The van der Waals surface area contributed by atoms with Crippen molar-refractivity contribution in [3.8, 4) is 0 Å². The zero-order valence-corrected chi connectivity index (χ0v) is 17.1. The van der Waals surface area contributed by atoms with Crippen molar-refractivity contribution in [1.29, 1.82) is 0 Å². The maximum absolute atomic E-state index is 12.7. The van der Waals surface area contributed by atoms with E-state index >= 15 is 0 Å². The molecule has 1 atom stereocenters. The second-order valence-corrected chi connectivity index (χ2v) is 7.04. The van der Waals surface area contributed by atoms with E-state index in [1.807, 2.05) is 36.6 Å². The summed E-state index contributed by atoms with van der Waals surface area (Å²) in [6.45, 7) is 2.63. The summed E-state index contributed by atoms with van der Waals surface area (Å²) in [5.74, 6) is 0.882. The number of nitrogens with zero attached hydrogens (tertiary/aromatic N) is 1. The summed E-state index contributed by atoms with van der Waals surface area (Å²) in [5, 5.41) is 0. The van der Waals surface area contributed by atoms with Crippen molar-refractivity contribution in [1.82, 2.24) is 4.90 Å². The van der Waals surface area contributed by atoms with Gasteiger partial charge in [-0.3, -0.25) is 4.90 Å². The number of halogens is 1. The topological polar surface area (TPSA) is 55.8 Å². The molecule has 1 amide bonds. The summed E-state index contributed by atoms with van der Waals surface area (Å²) >= 11 is 7.38. The molecule has 0 fully saturated rings. The summed E-state index contributed by atoms with van der Waals surface area (Å²) in [6.07, 6.45) is 3.47. The maximum atomic E-state index is 12.7. The van der Waals surface area contributed by atoms with Crippen molar-refractivity contribution in [3.05, 3.63) is 35.9 Å². The van der Waals surface area contributed by atoms with E-state index in [9.17, 15) is 9.59 Å². The molecule has 0 aliphatic rings. The number of carbonyl (C=O) groups excluding carboxylic acids is 2. The number of hydrogen-bond donors (Lipinski definition) is 0. The number of amides is 1. The largest absolute Gasteiger partial charge is 0.464 e. The van der Waals surface area contributed by atoms with Gasteiger partial charge in [-0.25, -0.2) is 9.59 Å². The first kappa shape index (κ1) is 22.6. The van der Waals surface area contributed by atoms with E-state index < -0.39 is 12.1 Å². The molecule has 7 heteroatoms. The summed E-state index contributed by atoms with van der Waals surface area (Å²) < 4.78 is 10.6. The maximum Gasteiger partial charge on any atom is 0.410 e. The van der Waals surface area contributed by atoms with Crippen LogP contribution in [-0.2, 0) is 20.9 Å². The van der Waals surface area contributed by atoms with Crippen LogP contribution in [0.1, 0.15) is 31.7 Å². The van der Waals surface area contributed by atoms with Crippen LogP contribution in [-0.4, -0.2) is 54.0 Å². The third-order valence-corrected chi connectivity index (χ3v) is 4.66. The zero-order valence-electron chi connectivity index (χ0n) is 15.5. The van der Waals surface area contributed by atoms with Crippen LogP contribution in [0.3, 0.4) is 0 Å². The van der Waals surface area contributed by atoms with Crippen molar-refractivity contribution < 1.29 is 19.1 Å². The Morgan fingerprint density at radius 1 is 1.19 bits per heavy atom. The number of hydrogen-bond acceptors (Lipinski definition) is 5. The van der Waals surface area contributed by atoms with Gasteiger partial charge in [0.2, 0.25) is 0 Å². The Morgan fingerprint density at radius 3 is 2.54 bits per heavy atom. The second kappa shape index (κ2) is 13.8. The molecule has 0 unspecified atom stereocenters. The Hall–Kier alpha value is -1.40. The average molecular weight is 402 g/mol. The molecular formula is C19H28ClNO4S. The minimum Gasteiger partial charge on any atom is -0.464 e. The Balaban J connectivity index is 2.82. The van der Waals surface area contributed by atoms with Crippen LogP contribution in [0.25, 0.3) is 0 Å². The molecule has 0 bridgehead atoms. The predicted octanol–water partition coefficient (Wildman–Crippen LogP) is 4.33. The van der Waals surface area contributed by atoms with Gasteiger partial charge in [0.1, 0.15) is 12.6 Å². The van der Waals surface area contributed by atoms with Crippen molar-refractivity contribution in [2.24, 2.45) is 0 Å². The Labute approximate surface area is 165 Å². The Morgan fingerprint density at radius 2 is 1.92 bits per heavy atom. The zero-order chi connectivity index (χ0) is 19.2. The highest BCUT2D eigenvalue weighted by atomic mass is 35.5. The number of esters is 1. The van der Waals surface area contributed by atoms with Crippen LogP contribution in [0.15, 0.2) is 30.3 Å². The van der Waals surface area contributed by atoms with Crippen LogP contribution in [0, 0.1) is 0 Å².